The highest BCUT2D eigenvalue weighted by atomic mass is 14.7. The van der Waals surface area contributed by atoms with Gasteiger partial charge < -0.3 is 0 Å². The van der Waals surface area contributed by atoms with Gasteiger partial charge in [0.15, 0.2) is 0 Å². The zero-order valence-electron chi connectivity index (χ0n) is 8.55. The monoisotopic (exact) mass is 156 g/mol. The fourth-order valence-electron chi connectivity index (χ4n) is 0.597. The maximum absolute atomic E-state index is 4.04. The zero-order chi connectivity index (χ0) is 9.28. The Bertz CT molecular complexity index is 124. The molecule has 0 heterocycles. The van der Waals surface area contributed by atoms with E-state index >= 15 is 0 Å². The standard InChI is InChI=1S/C7H14N2.C2H6/c1-6(2)7(9-4)5-8-3;1-2/h5-6H,1-4H3;1-2H3. The van der Waals surface area contributed by atoms with E-state index in [1.165, 1.54) is 0 Å². The minimum absolute atomic E-state index is 0.485. The van der Waals surface area contributed by atoms with Crippen molar-refractivity contribution in [1.82, 2.24) is 0 Å². The Kier molecular flexibility index (Phi) is 11.0. The molecule has 0 saturated heterocycles. The van der Waals surface area contributed by atoms with Crippen LogP contribution < -0.4 is 0 Å². The van der Waals surface area contributed by atoms with Crippen molar-refractivity contribution in [3.05, 3.63) is 0 Å². The number of hydrogen-bond acceptors (Lipinski definition) is 2. The van der Waals surface area contributed by atoms with E-state index in [2.05, 4.69) is 23.8 Å². The van der Waals surface area contributed by atoms with E-state index in [4.69, 9.17) is 0 Å². The highest BCUT2D eigenvalue weighted by Gasteiger charge is 1.97. The molecule has 2 nitrogen and oxygen atoms in total. The van der Waals surface area contributed by atoms with Crippen LogP contribution in [0.4, 0.5) is 0 Å². The van der Waals surface area contributed by atoms with Crippen LogP contribution in [-0.4, -0.2) is 26.0 Å². The molecule has 0 radical (unpaired) electrons. The Balaban J connectivity index is 0. The smallest absolute Gasteiger partial charge is 0.0548 e. The average molecular weight is 156 g/mol. The van der Waals surface area contributed by atoms with Crippen LogP contribution in [-0.2, 0) is 0 Å². The van der Waals surface area contributed by atoms with E-state index in [1.54, 1.807) is 20.3 Å². The molecule has 0 amide bonds. The number of rotatable bonds is 2. The topological polar surface area (TPSA) is 24.7 Å². The van der Waals surface area contributed by atoms with Crippen LogP contribution in [0, 0.1) is 5.92 Å². The minimum atomic E-state index is 0.485. The average Bonchev–Trinajstić information content (AvgIpc) is 2.03. The fraction of sp³-hybridized carbons (Fsp3) is 0.778. The first kappa shape index (κ1) is 13.0. The van der Waals surface area contributed by atoms with Crippen molar-refractivity contribution in [2.75, 3.05) is 14.1 Å². The molecule has 0 aliphatic carbocycles. The van der Waals surface area contributed by atoms with Gasteiger partial charge in [0.25, 0.3) is 0 Å². The Morgan fingerprint density at radius 3 is 1.73 bits per heavy atom. The second-order valence-electron chi connectivity index (χ2n) is 2.19. The van der Waals surface area contributed by atoms with Crippen LogP contribution in [0.2, 0.25) is 0 Å². The van der Waals surface area contributed by atoms with E-state index < -0.39 is 0 Å². The van der Waals surface area contributed by atoms with Crippen LogP contribution in [0.3, 0.4) is 0 Å². The van der Waals surface area contributed by atoms with E-state index in [9.17, 15) is 0 Å². The summed E-state index contributed by atoms with van der Waals surface area (Å²) in [5.41, 5.74) is 1.05. The molecule has 0 saturated carbocycles. The molecule has 0 bridgehead atoms. The van der Waals surface area contributed by atoms with Crippen molar-refractivity contribution < 1.29 is 0 Å². The van der Waals surface area contributed by atoms with E-state index in [-0.39, 0.29) is 0 Å². The summed E-state index contributed by atoms with van der Waals surface area (Å²) >= 11 is 0. The fourth-order valence-corrected chi connectivity index (χ4v) is 0.597. The van der Waals surface area contributed by atoms with Gasteiger partial charge in [-0.25, -0.2) is 0 Å². The van der Waals surface area contributed by atoms with Gasteiger partial charge in [-0.2, -0.15) is 0 Å². The molecule has 0 rings (SSSR count). The second-order valence-corrected chi connectivity index (χ2v) is 2.19. The van der Waals surface area contributed by atoms with Gasteiger partial charge in [-0.05, 0) is 5.92 Å². The second kappa shape index (κ2) is 9.34. The maximum atomic E-state index is 4.04. The molecule has 0 aromatic heterocycles. The van der Waals surface area contributed by atoms with E-state index in [1.807, 2.05) is 13.8 Å². The number of hydrogen-bond donors (Lipinski definition) is 0. The summed E-state index contributed by atoms with van der Waals surface area (Å²) in [5, 5.41) is 0. The van der Waals surface area contributed by atoms with Crippen molar-refractivity contribution in [2.45, 2.75) is 27.7 Å². The Morgan fingerprint density at radius 1 is 1.18 bits per heavy atom. The van der Waals surface area contributed by atoms with Crippen LogP contribution in [0.1, 0.15) is 27.7 Å². The summed E-state index contributed by atoms with van der Waals surface area (Å²) in [4.78, 5) is 7.92. The SMILES string of the molecule is CC.CN=CC(=NC)C(C)C. The van der Waals surface area contributed by atoms with Crippen molar-refractivity contribution in [3.63, 3.8) is 0 Å². The van der Waals surface area contributed by atoms with Gasteiger partial charge in [0.05, 0.1) is 5.71 Å². The molecule has 0 N–H and O–H groups in total. The molecule has 0 unspecified atom stereocenters. The number of nitrogens with zero attached hydrogens (tertiary/aromatic N) is 2. The first-order valence-electron chi connectivity index (χ1n) is 4.11. The predicted octanol–water partition coefficient (Wildman–Crippen LogP) is 2.44. The highest BCUT2D eigenvalue weighted by Crippen LogP contribution is 1.93. The Labute approximate surface area is 70.5 Å². The van der Waals surface area contributed by atoms with Crippen molar-refractivity contribution in [1.29, 1.82) is 0 Å². The molecule has 0 spiro atoms. The molecule has 0 atom stereocenters. The summed E-state index contributed by atoms with van der Waals surface area (Å²) in [6.45, 7) is 8.20. The van der Waals surface area contributed by atoms with Gasteiger partial charge in [0, 0.05) is 20.3 Å². The predicted molar refractivity (Wildman–Crippen MR) is 54.0 cm³/mol. The molecule has 0 fully saturated rings. The third-order valence-corrected chi connectivity index (χ3v) is 1.11. The maximum Gasteiger partial charge on any atom is 0.0548 e. The molecule has 0 aliphatic rings. The summed E-state index contributed by atoms with van der Waals surface area (Å²) < 4.78 is 0. The molecule has 0 aliphatic heterocycles. The molecule has 0 aromatic carbocycles. The lowest BCUT2D eigenvalue weighted by Gasteiger charge is -2.00. The van der Waals surface area contributed by atoms with Gasteiger partial charge in [-0.15, -0.1) is 0 Å². The first-order valence-corrected chi connectivity index (χ1v) is 4.11. The first-order chi connectivity index (χ1) is 5.22. The molecular weight excluding hydrogens is 136 g/mol. The quantitative estimate of drug-likeness (QED) is 0.549. The summed E-state index contributed by atoms with van der Waals surface area (Å²) in [5.74, 6) is 0.485. The zero-order valence-corrected chi connectivity index (χ0v) is 8.55. The van der Waals surface area contributed by atoms with Crippen LogP contribution >= 0.6 is 0 Å². The molecular formula is C9H20N2. The van der Waals surface area contributed by atoms with Gasteiger partial charge in [-0.3, -0.25) is 9.98 Å². The molecule has 2 heteroatoms. The van der Waals surface area contributed by atoms with E-state index in [0.717, 1.165) is 5.71 Å². The van der Waals surface area contributed by atoms with E-state index in [0.29, 0.717) is 5.92 Å². The van der Waals surface area contributed by atoms with Gasteiger partial charge >= 0.3 is 0 Å². The van der Waals surface area contributed by atoms with Crippen molar-refractivity contribution in [2.24, 2.45) is 15.9 Å². The largest absolute Gasteiger partial charge is 0.295 e. The Morgan fingerprint density at radius 2 is 1.64 bits per heavy atom. The van der Waals surface area contributed by atoms with Gasteiger partial charge in [0.2, 0.25) is 0 Å². The van der Waals surface area contributed by atoms with Crippen LogP contribution in [0.15, 0.2) is 9.98 Å². The van der Waals surface area contributed by atoms with Crippen molar-refractivity contribution in [3.8, 4) is 0 Å². The molecule has 66 valence electrons. The van der Waals surface area contributed by atoms with Gasteiger partial charge in [0.1, 0.15) is 0 Å². The summed E-state index contributed by atoms with van der Waals surface area (Å²) in [6.07, 6.45) is 1.80. The Hall–Kier alpha value is -0.660. The number of aliphatic imine (C=N–C) groups is 2. The van der Waals surface area contributed by atoms with Crippen LogP contribution in [0.5, 0.6) is 0 Å². The molecule has 0 aromatic rings. The lowest BCUT2D eigenvalue weighted by atomic mass is 10.1. The lowest BCUT2D eigenvalue weighted by molar-refractivity contribution is 0.893. The summed E-state index contributed by atoms with van der Waals surface area (Å²) in [7, 11) is 3.55. The summed E-state index contributed by atoms with van der Waals surface area (Å²) in [6, 6.07) is 0. The normalized spacial score (nSPS) is 11.7. The van der Waals surface area contributed by atoms with Crippen molar-refractivity contribution >= 4 is 11.9 Å². The minimum Gasteiger partial charge on any atom is -0.295 e. The van der Waals surface area contributed by atoms with Gasteiger partial charge in [-0.1, -0.05) is 27.7 Å². The highest BCUT2D eigenvalue weighted by molar-refractivity contribution is 6.31. The van der Waals surface area contributed by atoms with Crippen LogP contribution in [0.25, 0.3) is 0 Å². The molecule has 11 heavy (non-hydrogen) atoms. The third-order valence-electron chi connectivity index (χ3n) is 1.11. The third kappa shape index (κ3) is 7.23. The lowest BCUT2D eigenvalue weighted by Crippen LogP contribution is -2.08.